The summed E-state index contributed by atoms with van der Waals surface area (Å²) in [6.45, 7) is 10.6. The molecule has 2 aliphatic rings. The number of aromatic nitrogens is 1. The van der Waals surface area contributed by atoms with E-state index in [0.29, 0.717) is 17.1 Å². The Balaban J connectivity index is 1.85. The monoisotopic (exact) mass is 523 g/mol. The number of aliphatic hydroxyl groups excluding tert-OH is 3. The summed E-state index contributed by atoms with van der Waals surface area (Å²) in [6, 6.07) is 0. The molecule has 1 unspecified atom stereocenters. The highest BCUT2D eigenvalue weighted by atomic mass is 32.1. The minimum Gasteiger partial charge on any atom is -0.458 e. The molecule has 202 valence electrons. The van der Waals surface area contributed by atoms with Crippen molar-refractivity contribution in [2.45, 2.75) is 110 Å². The number of hydrogen-bond acceptors (Lipinski definition) is 9. The van der Waals surface area contributed by atoms with Crippen molar-refractivity contribution in [1.29, 1.82) is 0 Å². The molecule has 2 aliphatic heterocycles. The number of aliphatic hydroxyl groups is 3. The molecule has 2 fully saturated rings. The molecule has 2 saturated heterocycles. The van der Waals surface area contributed by atoms with Crippen LogP contribution in [0.25, 0.3) is 6.08 Å². The van der Waals surface area contributed by atoms with E-state index in [0.717, 1.165) is 24.8 Å². The third kappa shape index (κ3) is 6.61. The van der Waals surface area contributed by atoms with Gasteiger partial charge >= 0.3 is 5.97 Å². The standard InChI is InChI=1S/C27H41NO7S/c1-15-8-7-9-27(6)21(35-27)11-19(16(2)10-18-14-36-22(13-29)28-18)34-23(31)12-20(30)26(4,5)25(33)17(3)24(15)32/h10,14-15,17,19-21,24,29-30,32H,7-9,11-13H2,1-6H3/b16-10+/t15-,17+,19?,20-,21-,24-,27+/m0/s1. The number of fused-ring (bicyclic) bond motifs is 1. The lowest BCUT2D eigenvalue weighted by Gasteiger charge is -2.34. The molecule has 0 aliphatic carbocycles. The second kappa shape index (κ2) is 11.4. The van der Waals surface area contributed by atoms with Crippen molar-refractivity contribution in [2.75, 3.05) is 0 Å². The quantitative estimate of drug-likeness (QED) is 0.404. The van der Waals surface area contributed by atoms with Crippen LogP contribution in [0.4, 0.5) is 0 Å². The van der Waals surface area contributed by atoms with Crippen LogP contribution in [0, 0.1) is 17.3 Å². The zero-order valence-electron chi connectivity index (χ0n) is 22.2. The molecule has 3 N–H and O–H groups in total. The number of esters is 1. The predicted octanol–water partition coefficient (Wildman–Crippen LogP) is 3.66. The predicted molar refractivity (Wildman–Crippen MR) is 137 cm³/mol. The van der Waals surface area contributed by atoms with E-state index in [1.165, 1.54) is 11.3 Å². The largest absolute Gasteiger partial charge is 0.458 e. The maximum Gasteiger partial charge on any atom is 0.309 e. The van der Waals surface area contributed by atoms with Crippen molar-refractivity contribution in [2.24, 2.45) is 17.3 Å². The summed E-state index contributed by atoms with van der Waals surface area (Å²) in [4.78, 5) is 30.5. The molecule has 1 aromatic heterocycles. The average molecular weight is 524 g/mol. The SMILES string of the molecule is C/C(=C\c1csc(CO)n1)C1C[C@@H]2O[C@]2(C)CCC[C@H](C)[C@H](O)[C@@H](C)C(=O)C(C)(C)[C@@H](O)CC(=O)O1. The van der Waals surface area contributed by atoms with Crippen molar-refractivity contribution in [3.63, 3.8) is 0 Å². The van der Waals surface area contributed by atoms with Gasteiger partial charge in [-0.15, -0.1) is 11.3 Å². The van der Waals surface area contributed by atoms with E-state index < -0.39 is 35.6 Å². The molecule has 8 nitrogen and oxygen atoms in total. The summed E-state index contributed by atoms with van der Waals surface area (Å²) in [5, 5.41) is 33.4. The number of carbonyl (C=O) groups excluding carboxylic acids is 2. The number of Topliss-reactive ketones (excluding diaryl/α,β-unsaturated/α-hetero) is 1. The topological polar surface area (TPSA) is 129 Å². The first-order valence-electron chi connectivity index (χ1n) is 12.8. The third-order valence-corrected chi connectivity index (χ3v) is 8.85. The Bertz CT molecular complexity index is 973. The fraction of sp³-hybridized carbons (Fsp3) is 0.741. The Morgan fingerprint density at radius 2 is 1.94 bits per heavy atom. The van der Waals surface area contributed by atoms with Crippen LogP contribution in [0.5, 0.6) is 0 Å². The van der Waals surface area contributed by atoms with Crippen LogP contribution in [0.15, 0.2) is 11.0 Å². The normalized spacial score (nSPS) is 36.8. The zero-order valence-corrected chi connectivity index (χ0v) is 23.0. The van der Waals surface area contributed by atoms with Gasteiger partial charge in [-0.2, -0.15) is 0 Å². The van der Waals surface area contributed by atoms with E-state index in [-0.39, 0.29) is 36.4 Å². The number of cyclic esters (lactones) is 1. The molecule has 7 atom stereocenters. The molecule has 0 bridgehead atoms. The summed E-state index contributed by atoms with van der Waals surface area (Å²) in [5.74, 6) is -1.64. The van der Waals surface area contributed by atoms with Gasteiger partial charge in [0.05, 0.1) is 48.0 Å². The molecular formula is C27H41NO7S. The van der Waals surface area contributed by atoms with E-state index in [9.17, 15) is 24.9 Å². The molecule has 0 saturated carbocycles. The Hall–Kier alpha value is -1.65. The Morgan fingerprint density at radius 1 is 1.25 bits per heavy atom. The van der Waals surface area contributed by atoms with Gasteiger partial charge in [0.15, 0.2) is 0 Å². The maximum absolute atomic E-state index is 13.2. The molecule has 36 heavy (non-hydrogen) atoms. The number of thiazole rings is 1. The smallest absolute Gasteiger partial charge is 0.309 e. The van der Waals surface area contributed by atoms with E-state index >= 15 is 0 Å². The minimum absolute atomic E-state index is 0.0860. The van der Waals surface area contributed by atoms with E-state index in [1.54, 1.807) is 20.8 Å². The van der Waals surface area contributed by atoms with E-state index in [1.807, 2.05) is 32.2 Å². The lowest BCUT2D eigenvalue weighted by molar-refractivity contribution is -0.154. The second-order valence-electron chi connectivity index (χ2n) is 11.3. The van der Waals surface area contributed by atoms with Gasteiger partial charge in [-0.3, -0.25) is 9.59 Å². The molecule has 0 spiro atoms. The van der Waals surface area contributed by atoms with Crippen molar-refractivity contribution >= 4 is 29.2 Å². The average Bonchev–Trinajstić information content (AvgIpc) is 3.23. The van der Waals surface area contributed by atoms with Gasteiger partial charge in [-0.25, -0.2) is 4.98 Å². The van der Waals surface area contributed by atoms with E-state index in [2.05, 4.69) is 4.98 Å². The molecule has 3 heterocycles. The summed E-state index contributed by atoms with van der Waals surface area (Å²) in [5.41, 5.74) is -0.0964. The highest BCUT2D eigenvalue weighted by molar-refractivity contribution is 7.09. The second-order valence-corrected chi connectivity index (χ2v) is 12.2. The number of epoxide rings is 1. The highest BCUT2D eigenvalue weighted by Crippen LogP contribution is 2.45. The first kappa shape index (κ1) is 28.9. The van der Waals surface area contributed by atoms with Crippen LogP contribution in [0.1, 0.15) is 84.3 Å². The van der Waals surface area contributed by atoms with Gasteiger partial charge in [-0.05, 0) is 44.3 Å². The van der Waals surface area contributed by atoms with Crippen LogP contribution in [0.3, 0.4) is 0 Å². The summed E-state index contributed by atoms with van der Waals surface area (Å²) in [6.07, 6.45) is 1.60. The molecule has 0 aromatic carbocycles. The van der Waals surface area contributed by atoms with Crippen LogP contribution in [-0.2, 0) is 25.7 Å². The molecule has 1 aromatic rings. The van der Waals surface area contributed by atoms with Gasteiger partial charge in [0.2, 0.25) is 0 Å². The van der Waals surface area contributed by atoms with E-state index in [4.69, 9.17) is 9.47 Å². The van der Waals surface area contributed by atoms with Crippen LogP contribution < -0.4 is 0 Å². The van der Waals surface area contributed by atoms with Crippen LogP contribution in [-0.4, -0.2) is 62.1 Å². The zero-order chi connectivity index (χ0) is 26.8. The summed E-state index contributed by atoms with van der Waals surface area (Å²) < 4.78 is 11.9. The Kier molecular flexibility index (Phi) is 9.15. The lowest BCUT2D eigenvalue weighted by Crippen LogP contribution is -2.45. The van der Waals surface area contributed by atoms with Crippen molar-refractivity contribution in [3.05, 3.63) is 21.7 Å². The van der Waals surface area contributed by atoms with Gasteiger partial charge in [-0.1, -0.05) is 34.1 Å². The van der Waals surface area contributed by atoms with Gasteiger partial charge < -0.3 is 24.8 Å². The number of hydrogen-bond donors (Lipinski definition) is 3. The van der Waals surface area contributed by atoms with Crippen molar-refractivity contribution in [3.8, 4) is 0 Å². The maximum atomic E-state index is 13.2. The van der Waals surface area contributed by atoms with Gasteiger partial charge in [0.1, 0.15) is 16.9 Å². The Labute approximate surface area is 217 Å². The number of ether oxygens (including phenoxy) is 2. The first-order chi connectivity index (χ1) is 16.8. The third-order valence-electron chi connectivity index (χ3n) is 8.00. The van der Waals surface area contributed by atoms with Crippen molar-refractivity contribution < 1.29 is 34.4 Å². The number of carbonyl (C=O) groups is 2. The molecular weight excluding hydrogens is 482 g/mol. The molecule has 9 heteroatoms. The first-order valence-corrected chi connectivity index (χ1v) is 13.7. The van der Waals surface area contributed by atoms with Gasteiger partial charge in [0, 0.05) is 17.7 Å². The van der Waals surface area contributed by atoms with Crippen LogP contribution >= 0.6 is 11.3 Å². The summed E-state index contributed by atoms with van der Waals surface area (Å²) >= 11 is 1.35. The van der Waals surface area contributed by atoms with Crippen LogP contribution in [0.2, 0.25) is 0 Å². The number of ketones is 1. The highest BCUT2D eigenvalue weighted by Gasteiger charge is 2.53. The fourth-order valence-corrected chi connectivity index (χ4v) is 5.69. The molecule has 0 amide bonds. The molecule has 3 rings (SSSR count). The Morgan fingerprint density at radius 3 is 2.58 bits per heavy atom. The molecule has 0 radical (unpaired) electrons. The summed E-state index contributed by atoms with van der Waals surface area (Å²) in [7, 11) is 0. The lowest BCUT2D eigenvalue weighted by atomic mass is 9.73. The van der Waals surface area contributed by atoms with Gasteiger partial charge in [0.25, 0.3) is 0 Å². The fourth-order valence-electron chi connectivity index (χ4n) is 5.08. The minimum atomic E-state index is -1.26. The van der Waals surface area contributed by atoms with Crippen molar-refractivity contribution in [1.82, 2.24) is 4.98 Å². The number of rotatable bonds is 3. The number of nitrogens with zero attached hydrogens (tertiary/aromatic N) is 1.